The molecular weight excluding hydrogens is 282 g/mol. The molecule has 1 aromatic carbocycles. The Labute approximate surface area is 130 Å². The van der Waals surface area contributed by atoms with Gasteiger partial charge < -0.3 is 14.8 Å². The second-order valence-electron chi connectivity index (χ2n) is 6.52. The molecule has 0 aromatic heterocycles. The van der Waals surface area contributed by atoms with Gasteiger partial charge in [-0.1, -0.05) is 0 Å². The zero-order valence-corrected chi connectivity index (χ0v) is 13.0. The molecule has 0 spiro atoms. The molecule has 3 rings (SSSR count). The average Bonchev–Trinajstić information content (AvgIpc) is 2.96. The molecule has 0 bridgehead atoms. The molecule has 1 unspecified atom stereocenters. The van der Waals surface area contributed by atoms with Gasteiger partial charge in [0.1, 0.15) is 11.4 Å². The Bertz CT molecular complexity index is 603. The zero-order valence-electron chi connectivity index (χ0n) is 13.0. The molecule has 1 aromatic rings. The third-order valence-corrected chi connectivity index (χ3v) is 4.03. The Morgan fingerprint density at radius 2 is 2.23 bits per heavy atom. The fourth-order valence-corrected chi connectivity index (χ4v) is 2.91. The molecule has 1 amide bonds. The summed E-state index contributed by atoms with van der Waals surface area (Å²) in [5.74, 6) is 0.382. The molecule has 2 heterocycles. The van der Waals surface area contributed by atoms with Crippen LogP contribution in [-0.2, 0) is 4.74 Å². The maximum Gasteiger partial charge on any atom is 0.251 e. The summed E-state index contributed by atoms with van der Waals surface area (Å²) in [6.45, 7) is 5.04. The lowest BCUT2D eigenvalue weighted by molar-refractivity contribution is 0.0620. The number of hydrogen-bond acceptors (Lipinski definition) is 4. The summed E-state index contributed by atoms with van der Waals surface area (Å²) >= 11 is 0. The van der Waals surface area contributed by atoms with Crippen molar-refractivity contribution in [1.29, 1.82) is 0 Å². The molecule has 1 N–H and O–H groups in total. The Morgan fingerprint density at radius 1 is 1.41 bits per heavy atom. The molecule has 1 saturated heterocycles. The van der Waals surface area contributed by atoms with Gasteiger partial charge in [-0.15, -0.1) is 0 Å². The monoisotopic (exact) mass is 303 g/mol. The highest BCUT2D eigenvalue weighted by atomic mass is 16.5. The van der Waals surface area contributed by atoms with Gasteiger partial charge in [0, 0.05) is 18.7 Å². The highest BCUT2D eigenvalue weighted by Crippen LogP contribution is 2.33. The van der Waals surface area contributed by atoms with Crippen LogP contribution in [0.1, 0.15) is 53.8 Å². The first kappa shape index (κ1) is 15.0. The number of Topliss-reactive ketones (excluding diaryl/α,β-unsaturated/α-hetero) is 1. The number of benzene rings is 1. The normalized spacial score (nSPS) is 22.8. The summed E-state index contributed by atoms with van der Waals surface area (Å²) in [7, 11) is 0. The van der Waals surface area contributed by atoms with E-state index in [1.54, 1.807) is 18.2 Å². The molecule has 22 heavy (non-hydrogen) atoms. The second-order valence-corrected chi connectivity index (χ2v) is 6.52. The van der Waals surface area contributed by atoms with E-state index in [-0.39, 0.29) is 17.8 Å². The summed E-state index contributed by atoms with van der Waals surface area (Å²) in [6.07, 6.45) is 2.45. The van der Waals surface area contributed by atoms with Gasteiger partial charge in [0.15, 0.2) is 5.78 Å². The van der Waals surface area contributed by atoms with Crippen LogP contribution in [-0.4, -0.2) is 36.5 Å². The summed E-state index contributed by atoms with van der Waals surface area (Å²) in [5.41, 5.74) is 0.478. The lowest BCUT2D eigenvalue weighted by atomic mass is 9.92. The van der Waals surface area contributed by atoms with Crippen molar-refractivity contribution >= 4 is 11.7 Å². The number of carbonyl (C=O) groups is 2. The van der Waals surface area contributed by atoms with Gasteiger partial charge in [0.2, 0.25) is 0 Å². The van der Waals surface area contributed by atoms with Gasteiger partial charge in [-0.25, -0.2) is 0 Å². The third-order valence-electron chi connectivity index (χ3n) is 4.03. The van der Waals surface area contributed by atoms with Gasteiger partial charge in [0.05, 0.1) is 18.1 Å². The molecule has 2 aliphatic rings. The molecule has 5 heteroatoms. The first-order valence-corrected chi connectivity index (χ1v) is 7.71. The number of ketones is 1. The van der Waals surface area contributed by atoms with Crippen LogP contribution in [0.4, 0.5) is 0 Å². The SMILES string of the molecule is CC1(C)CC(=O)c2cc(C(=O)NCC3CCCO3)ccc2O1. The van der Waals surface area contributed by atoms with Gasteiger partial charge in [-0.3, -0.25) is 9.59 Å². The summed E-state index contributed by atoms with van der Waals surface area (Å²) in [4.78, 5) is 24.4. The minimum Gasteiger partial charge on any atom is -0.487 e. The van der Waals surface area contributed by atoms with Crippen molar-refractivity contribution in [2.24, 2.45) is 0 Å². The smallest absolute Gasteiger partial charge is 0.251 e. The van der Waals surface area contributed by atoms with E-state index in [9.17, 15) is 9.59 Å². The predicted molar refractivity (Wildman–Crippen MR) is 81.4 cm³/mol. The minimum absolute atomic E-state index is 0.0139. The lowest BCUT2D eigenvalue weighted by Crippen LogP contribution is -2.36. The molecule has 2 aliphatic heterocycles. The van der Waals surface area contributed by atoms with Crippen LogP contribution in [0.5, 0.6) is 5.75 Å². The van der Waals surface area contributed by atoms with Crippen molar-refractivity contribution in [2.45, 2.75) is 44.8 Å². The van der Waals surface area contributed by atoms with Crippen molar-refractivity contribution in [3.63, 3.8) is 0 Å². The number of hydrogen-bond donors (Lipinski definition) is 1. The van der Waals surface area contributed by atoms with Crippen LogP contribution < -0.4 is 10.1 Å². The summed E-state index contributed by atoms with van der Waals surface area (Å²) < 4.78 is 11.3. The van der Waals surface area contributed by atoms with Crippen molar-refractivity contribution in [2.75, 3.05) is 13.2 Å². The number of fused-ring (bicyclic) bond motifs is 1. The van der Waals surface area contributed by atoms with E-state index >= 15 is 0 Å². The molecule has 1 atom stereocenters. The van der Waals surface area contributed by atoms with E-state index in [0.717, 1.165) is 19.4 Å². The van der Waals surface area contributed by atoms with Crippen LogP contribution in [0.25, 0.3) is 0 Å². The fraction of sp³-hybridized carbons (Fsp3) is 0.529. The molecule has 0 radical (unpaired) electrons. The number of carbonyl (C=O) groups excluding carboxylic acids is 2. The van der Waals surface area contributed by atoms with Gasteiger partial charge >= 0.3 is 0 Å². The van der Waals surface area contributed by atoms with Crippen LogP contribution in [0, 0.1) is 0 Å². The van der Waals surface area contributed by atoms with Gasteiger partial charge in [-0.2, -0.15) is 0 Å². The van der Waals surface area contributed by atoms with E-state index < -0.39 is 5.60 Å². The molecular formula is C17H21NO4. The fourth-order valence-electron chi connectivity index (χ4n) is 2.91. The molecule has 0 saturated carbocycles. The maximum absolute atomic E-state index is 12.2. The molecule has 0 aliphatic carbocycles. The number of amides is 1. The second kappa shape index (κ2) is 5.72. The van der Waals surface area contributed by atoms with Crippen molar-refractivity contribution in [1.82, 2.24) is 5.32 Å². The quantitative estimate of drug-likeness (QED) is 0.931. The first-order valence-electron chi connectivity index (χ1n) is 7.71. The molecule has 1 fully saturated rings. The van der Waals surface area contributed by atoms with Gasteiger partial charge in [-0.05, 0) is 44.9 Å². The summed E-state index contributed by atoms with van der Waals surface area (Å²) in [6, 6.07) is 5.02. The van der Waals surface area contributed by atoms with Crippen molar-refractivity contribution in [3.8, 4) is 5.75 Å². The van der Waals surface area contributed by atoms with E-state index in [4.69, 9.17) is 9.47 Å². The molecule has 118 valence electrons. The van der Waals surface area contributed by atoms with E-state index in [0.29, 0.717) is 29.8 Å². The van der Waals surface area contributed by atoms with Crippen molar-refractivity contribution < 1.29 is 19.1 Å². The number of nitrogens with one attached hydrogen (secondary N) is 1. The lowest BCUT2D eigenvalue weighted by Gasteiger charge is -2.31. The van der Waals surface area contributed by atoms with Crippen molar-refractivity contribution in [3.05, 3.63) is 29.3 Å². The standard InChI is InChI=1S/C17H21NO4/c1-17(2)9-14(19)13-8-11(5-6-15(13)22-17)16(20)18-10-12-4-3-7-21-12/h5-6,8,12H,3-4,7,9-10H2,1-2H3,(H,18,20). The van der Waals surface area contributed by atoms with E-state index in [1.807, 2.05) is 13.8 Å². The van der Waals surface area contributed by atoms with Crippen LogP contribution in [0.15, 0.2) is 18.2 Å². The van der Waals surface area contributed by atoms with Crippen LogP contribution in [0.2, 0.25) is 0 Å². The largest absolute Gasteiger partial charge is 0.487 e. The zero-order chi connectivity index (χ0) is 15.7. The Hall–Kier alpha value is -1.88. The van der Waals surface area contributed by atoms with E-state index in [2.05, 4.69) is 5.32 Å². The Balaban J connectivity index is 1.71. The van der Waals surface area contributed by atoms with E-state index in [1.165, 1.54) is 0 Å². The highest BCUT2D eigenvalue weighted by Gasteiger charge is 2.32. The van der Waals surface area contributed by atoms with Crippen LogP contribution in [0.3, 0.4) is 0 Å². The maximum atomic E-state index is 12.2. The topological polar surface area (TPSA) is 64.6 Å². The average molecular weight is 303 g/mol. The highest BCUT2D eigenvalue weighted by molar-refractivity contribution is 6.03. The predicted octanol–water partition coefficient (Wildman–Crippen LogP) is 2.34. The van der Waals surface area contributed by atoms with Gasteiger partial charge in [0.25, 0.3) is 5.91 Å². The molecule has 5 nitrogen and oxygen atoms in total. The Morgan fingerprint density at radius 3 is 2.95 bits per heavy atom. The summed E-state index contributed by atoms with van der Waals surface area (Å²) in [5, 5.41) is 2.86. The Kier molecular flexibility index (Phi) is 3.91. The number of ether oxygens (including phenoxy) is 2. The first-order chi connectivity index (χ1) is 10.4. The number of rotatable bonds is 3. The van der Waals surface area contributed by atoms with Crippen LogP contribution >= 0.6 is 0 Å². The third kappa shape index (κ3) is 3.14. The minimum atomic E-state index is -0.492.